The maximum absolute atomic E-state index is 12.9. The van der Waals surface area contributed by atoms with Crippen molar-refractivity contribution < 1.29 is 22.8 Å². The quantitative estimate of drug-likeness (QED) is 0.725. The van der Waals surface area contributed by atoms with E-state index in [9.17, 15) is 22.8 Å². The van der Waals surface area contributed by atoms with Crippen LogP contribution in [-0.4, -0.2) is 41.1 Å². The number of hydrogen-bond acceptors (Lipinski definition) is 3. The van der Waals surface area contributed by atoms with E-state index in [0.717, 1.165) is 11.1 Å². The second-order valence-electron chi connectivity index (χ2n) is 8.29. The van der Waals surface area contributed by atoms with Crippen LogP contribution in [0.1, 0.15) is 45.2 Å². The second kappa shape index (κ2) is 9.11. The molecule has 2 unspecified atom stereocenters. The number of rotatable bonds is 4. The molecule has 2 N–H and O–H groups in total. The van der Waals surface area contributed by atoms with Gasteiger partial charge in [0.05, 0.1) is 11.6 Å². The highest BCUT2D eigenvalue weighted by atomic mass is 19.4. The Morgan fingerprint density at radius 2 is 2.00 bits per heavy atom. The lowest BCUT2D eigenvalue weighted by Gasteiger charge is -2.37. The van der Waals surface area contributed by atoms with E-state index in [1.807, 2.05) is 6.92 Å². The Balaban J connectivity index is 1.59. The summed E-state index contributed by atoms with van der Waals surface area (Å²) in [5.41, 5.74) is 0.949. The minimum absolute atomic E-state index is 0.0836. The summed E-state index contributed by atoms with van der Waals surface area (Å²) < 4.78 is 38.8. The van der Waals surface area contributed by atoms with E-state index in [1.165, 1.54) is 12.2 Å². The maximum Gasteiger partial charge on any atom is 0.416 e. The normalized spacial score (nSPS) is 19.8. The Kier molecular flexibility index (Phi) is 6.71. The summed E-state index contributed by atoms with van der Waals surface area (Å²) >= 11 is 0. The van der Waals surface area contributed by atoms with Crippen molar-refractivity contribution in [3.63, 3.8) is 0 Å². The SMILES string of the molecule is CC(C)C(=O)Nc1cc(C(C)NC(=O)N2CCC3=CC(C(F)(F)F)=CCC3C2)ccn1. The minimum Gasteiger partial charge on any atom is -0.331 e. The smallest absolute Gasteiger partial charge is 0.331 e. The van der Waals surface area contributed by atoms with Crippen molar-refractivity contribution >= 4 is 17.8 Å². The van der Waals surface area contributed by atoms with Gasteiger partial charge in [-0.25, -0.2) is 9.78 Å². The summed E-state index contributed by atoms with van der Waals surface area (Å²) in [4.78, 5) is 30.4. The van der Waals surface area contributed by atoms with E-state index in [0.29, 0.717) is 25.3 Å². The first kappa shape index (κ1) is 22.8. The molecule has 0 radical (unpaired) electrons. The van der Waals surface area contributed by atoms with Crippen LogP contribution in [0.5, 0.6) is 0 Å². The predicted octanol–water partition coefficient (Wildman–Crippen LogP) is 4.59. The average Bonchev–Trinajstić information content (AvgIpc) is 2.72. The van der Waals surface area contributed by atoms with Gasteiger partial charge in [-0.15, -0.1) is 0 Å². The number of pyridine rings is 1. The van der Waals surface area contributed by atoms with Gasteiger partial charge in [-0.1, -0.05) is 31.6 Å². The van der Waals surface area contributed by atoms with Crippen LogP contribution in [0.15, 0.2) is 41.6 Å². The van der Waals surface area contributed by atoms with Crippen molar-refractivity contribution in [3.05, 3.63) is 47.2 Å². The molecule has 2 heterocycles. The number of aromatic nitrogens is 1. The molecule has 31 heavy (non-hydrogen) atoms. The molecule has 0 saturated carbocycles. The number of alkyl halides is 3. The minimum atomic E-state index is -4.33. The molecule has 0 spiro atoms. The number of likely N-dealkylation sites (tertiary alicyclic amines) is 1. The van der Waals surface area contributed by atoms with E-state index in [-0.39, 0.29) is 36.2 Å². The topological polar surface area (TPSA) is 74.3 Å². The average molecular weight is 436 g/mol. The molecule has 1 aliphatic carbocycles. The zero-order valence-corrected chi connectivity index (χ0v) is 17.8. The highest BCUT2D eigenvalue weighted by Crippen LogP contribution is 2.37. The molecule has 0 bridgehead atoms. The number of piperidine rings is 1. The molecule has 1 aromatic rings. The van der Waals surface area contributed by atoms with Crippen molar-refractivity contribution in [3.8, 4) is 0 Å². The second-order valence-corrected chi connectivity index (χ2v) is 8.29. The van der Waals surface area contributed by atoms with Crippen molar-refractivity contribution in [2.24, 2.45) is 11.8 Å². The molecule has 0 aromatic carbocycles. The molecule has 1 aliphatic heterocycles. The summed E-state index contributed by atoms with van der Waals surface area (Å²) in [6, 6.07) is 2.89. The van der Waals surface area contributed by atoms with Crippen molar-refractivity contribution in [1.29, 1.82) is 0 Å². The lowest BCUT2D eigenvalue weighted by molar-refractivity contribution is -0.118. The number of allylic oxidation sites excluding steroid dienone is 3. The number of nitrogens with one attached hydrogen (secondary N) is 2. The number of fused-ring (bicyclic) bond motifs is 1. The Hall–Kier alpha value is -2.84. The zero-order chi connectivity index (χ0) is 22.8. The maximum atomic E-state index is 12.9. The van der Waals surface area contributed by atoms with Gasteiger partial charge in [0.1, 0.15) is 5.82 Å². The summed E-state index contributed by atoms with van der Waals surface area (Å²) in [6.45, 7) is 6.16. The highest BCUT2D eigenvalue weighted by Gasteiger charge is 2.37. The fraction of sp³-hybridized carbons (Fsp3) is 0.500. The van der Waals surface area contributed by atoms with Crippen molar-refractivity contribution in [1.82, 2.24) is 15.2 Å². The van der Waals surface area contributed by atoms with Crippen molar-refractivity contribution in [2.45, 2.75) is 45.8 Å². The molecule has 2 aliphatic rings. The van der Waals surface area contributed by atoms with Crippen LogP contribution in [0.4, 0.5) is 23.8 Å². The first-order valence-corrected chi connectivity index (χ1v) is 10.3. The van der Waals surface area contributed by atoms with Gasteiger partial charge in [0.15, 0.2) is 0 Å². The van der Waals surface area contributed by atoms with Gasteiger partial charge in [0.2, 0.25) is 5.91 Å². The number of hydrogen-bond donors (Lipinski definition) is 2. The van der Waals surface area contributed by atoms with Gasteiger partial charge in [-0.2, -0.15) is 13.2 Å². The largest absolute Gasteiger partial charge is 0.416 e. The summed E-state index contributed by atoms with van der Waals surface area (Å²) in [7, 11) is 0. The van der Waals surface area contributed by atoms with Crippen LogP contribution in [-0.2, 0) is 4.79 Å². The van der Waals surface area contributed by atoms with E-state index < -0.39 is 11.7 Å². The first-order chi connectivity index (χ1) is 14.5. The van der Waals surface area contributed by atoms with Gasteiger partial charge in [0, 0.05) is 31.1 Å². The third-order valence-corrected chi connectivity index (χ3v) is 5.61. The van der Waals surface area contributed by atoms with Gasteiger partial charge in [-0.05, 0) is 37.5 Å². The molecular weight excluding hydrogens is 409 g/mol. The van der Waals surface area contributed by atoms with Gasteiger partial charge >= 0.3 is 12.2 Å². The Bertz CT molecular complexity index is 908. The Morgan fingerprint density at radius 1 is 1.26 bits per heavy atom. The van der Waals surface area contributed by atoms with Gasteiger partial charge < -0.3 is 15.5 Å². The molecular formula is C22H27F3N4O2. The molecule has 6 nitrogen and oxygen atoms in total. The van der Waals surface area contributed by atoms with Crippen LogP contribution in [0, 0.1) is 11.8 Å². The number of nitrogens with zero attached hydrogens (tertiary/aromatic N) is 2. The van der Waals surface area contributed by atoms with Crippen LogP contribution in [0.2, 0.25) is 0 Å². The van der Waals surface area contributed by atoms with E-state index in [2.05, 4.69) is 15.6 Å². The molecule has 3 rings (SSSR count). The number of carbonyl (C=O) groups is 2. The fourth-order valence-corrected chi connectivity index (χ4v) is 3.68. The molecule has 2 atom stereocenters. The molecule has 1 aromatic heterocycles. The zero-order valence-electron chi connectivity index (χ0n) is 17.8. The standard InChI is InChI=1S/C22H27F3N4O2/c1-13(2)20(30)28-19-11-15(6-8-26-19)14(3)27-21(31)29-9-7-16-10-18(22(23,24)25)5-4-17(16)12-29/h5-6,8,10-11,13-14,17H,4,7,9,12H2,1-3H3,(H,27,31)(H,26,28,30). The monoisotopic (exact) mass is 436 g/mol. The predicted molar refractivity (Wildman–Crippen MR) is 111 cm³/mol. The number of halogens is 3. The number of amides is 3. The Labute approximate surface area is 179 Å². The van der Waals surface area contributed by atoms with Crippen LogP contribution < -0.4 is 10.6 Å². The van der Waals surface area contributed by atoms with Gasteiger partial charge in [-0.3, -0.25) is 4.79 Å². The van der Waals surface area contributed by atoms with Crippen molar-refractivity contribution in [2.75, 3.05) is 18.4 Å². The Morgan fingerprint density at radius 3 is 2.68 bits per heavy atom. The molecule has 1 fully saturated rings. The number of anilines is 1. The lowest BCUT2D eigenvalue weighted by atomic mass is 9.83. The van der Waals surface area contributed by atoms with Crippen LogP contribution in [0.25, 0.3) is 0 Å². The van der Waals surface area contributed by atoms with Crippen LogP contribution in [0.3, 0.4) is 0 Å². The first-order valence-electron chi connectivity index (χ1n) is 10.3. The third-order valence-electron chi connectivity index (χ3n) is 5.61. The molecule has 9 heteroatoms. The molecule has 1 saturated heterocycles. The van der Waals surface area contributed by atoms with E-state index >= 15 is 0 Å². The lowest BCUT2D eigenvalue weighted by Crippen LogP contribution is -2.47. The fourth-order valence-electron chi connectivity index (χ4n) is 3.68. The van der Waals surface area contributed by atoms with Gasteiger partial charge in [0.25, 0.3) is 0 Å². The van der Waals surface area contributed by atoms with E-state index in [4.69, 9.17) is 0 Å². The summed E-state index contributed by atoms with van der Waals surface area (Å²) in [5.74, 6) is 0.00962. The molecule has 168 valence electrons. The highest BCUT2D eigenvalue weighted by molar-refractivity contribution is 5.91. The van der Waals surface area contributed by atoms with E-state index in [1.54, 1.807) is 37.1 Å². The number of urea groups is 1. The molecule has 3 amide bonds. The summed E-state index contributed by atoms with van der Waals surface area (Å²) in [6.07, 6.45) is 0.389. The summed E-state index contributed by atoms with van der Waals surface area (Å²) in [5, 5.41) is 5.66. The number of carbonyl (C=O) groups excluding carboxylic acids is 2. The third kappa shape index (κ3) is 5.65. The van der Waals surface area contributed by atoms with Crippen LogP contribution >= 0.6 is 0 Å².